The SMILES string of the molecule is CO[C@@H]1[C@@H]2O[Si](C(C)C)(C(C)C)O[Si](C(C)C)(C(C)C)OC[C@H]2O[C@@]1(C#N)n1ccc(N)nc1=O. The highest BCUT2D eigenvalue weighted by atomic mass is 28.5. The minimum Gasteiger partial charge on any atom is -0.414 e. The molecule has 2 aliphatic heterocycles. The summed E-state index contributed by atoms with van der Waals surface area (Å²) < 4.78 is 34.4. The molecule has 196 valence electrons. The van der Waals surface area contributed by atoms with Crippen LogP contribution >= 0.6 is 0 Å². The van der Waals surface area contributed by atoms with Gasteiger partial charge in [-0.3, -0.25) is 4.57 Å². The monoisotopic (exact) mass is 524 g/mol. The number of nitrogens with zero attached hydrogens (tertiary/aromatic N) is 3. The number of nitriles is 1. The standard InChI is InChI=1S/C23H40N4O6Si2/c1-14(2)34(15(3)4)30-12-18-20(32-35(33-34,16(5)6)17(7)8)21(29-9)23(13-24,31-18)27-11-10-19(25)26-22(27)28/h10-11,14-18,20-21H,12H2,1-9H3,(H2,25,26,28)/t18-,20-,21-,23-/m1/s1. The molecule has 4 atom stereocenters. The summed E-state index contributed by atoms with van der Waals surface area (Å²) in [5.41, 5.74) is 3.69. The number of hydrogen-bond donors (Lipinski definition) is 1. The van der Waals surface area contributed by atoms with Crippen LogP contribution in [0.5, 0.6) is 0 Å². The van der Waals surface area contributed by atoms with E-state index in [1.807, 2.05) is 0 Å². The van der Waals surface area contributed by atoms with Gasteiger partial charge >= 0.3 is 22.8 Å². The van der Waals surface area contributed by atoms with Crippen LogP contribution in [0.3, 0.4) is 0 Å². The molecule has 10 nitrogen and oxygen atoms in total. The van der Waals surface area contributed by atoms with Crippen LogP contribution in [0.4, 0.5) is 5.82 Å². The third-order valence-corrected chi connectivity index (χ3v) is 17.6. The fourth-order valence-corrected chi connectivity index (χ4v) is 16.7. The molecule has 12 heteroatoms. The topological polar surface area (TPSA) is 131 Å². The summed E-state index contributed by atoms with van der Waals surface area (Å²) in [6.07, 6.45) is -0.856. The first-order valence-electron chi connectivity index (χ1n) is 12.3. The summed E-state index contributed by atoms with van der Waals surface area (Å²) in [4.78, 5) is 16.6. The summed E-state index contributed by atoms with van der Waals surface area (Å²) >= 11 is 0. The molecule has 0 bridgehead atoms. The maximum atomic E-state index is 12.8. The van der Waals surface area contributed by atoms with Crippen molar-refractivity contribution in [3.05, 3.63) is 22.7 Å². The molecule has 35 heavy (non-hydrogen) atoms. The molecule has 0 radical (unpaired) electrons. The quantitative estimate of drug-likeness (QED) is 0.556. The first-order valence-corrected chi connectivity index (χ1v) is 16.2. The van der Waals surface area contributed by atoms with Crippen LogP contribution in [0.1, 0.15) is 55.4 Å². The predicted octanol–water partition coefficient (Wildman–Crippen LogP) is 3.37. The van der Waals surface area contributed by atoms with E-state index in [0.29, 0.717) is 0 Å². The first-order chi connectivity index (χ1) is 16.3. The molecule has 1 aromatic rings. The number of nitrogens with two attached hydrogens (primary N) is 1. The Morgan fingerprint density at radius 3 is 2.17 bits per heavy atom. The number of rotatable bonds is 6. The van der Waals surface area contributed by atoms with Crippen molar-refractivity contribution in [1.82, 2.24) is 9.55 Å². The Balaban J connectivity index is 2.22. The first kappa shape index (κ1) is 28.0. The van der Waals surface area contributed by atoms with Gasteiger partial charge in [-0.25, -0.2) is 4.79 Å². The Hall–Kier alpha value is -1.60. The van der Waals surface area contributed by atoms with E-state index in [-0.39, 0.29) is 34.6 Å². The molecule has 0 spiro atoms. The normalized spacial score (nSPS) is 30.3. The van der Waals surface area contributed by atoms with Crippen LogP contribution in [0.2, 0.25) is 22.2 Å². The fraction of sp³-hybridized carbons (Fsp3) is 0.783. The van der Waals surface area contributed by atoms with E-state index >= 15 is 0 Å². The van der Waals surface area contributed by atoms with E-state index in [4.69, 9.17) is 28.2 Å². The molecule has 0 aliphatic carbocycles. The van der Waals surface area contributed by atoms with Gasteiger partial charge in [-0.2, -0.15) is 10.2 Å². The van der Waals surface area contributed by atoms with Gasteiger partial charge in [0.05, 0.1) is 6.61 Å². The summed E-state index contributed by atoms with van der Waals surface area (Å²) in [6.45, 7) is 17.2. The summed E-state index contributed by atoms with van der Waals surface area (Å²) in [5, 5.41) is 10.4. The van der Waals surface area contributed by atoms with Gasteiger partial charge in [0, 0.05) is 13.3 Å². The second-order valence-corrected chi connectivity index (χ2v) is 19.5. The average molecular weight is 525 g/mol. The lowest BCUT2D eigenvalue weighted by atomic mass is 10.0. The van der Waals surface area contributed by atoms with Crippen molar-refractivity contribution in [2.75, 3.05) is 19.5 Å². The lowest BCUT2D eigenvalue weighted by molar-refractivity contribution is -0.117. The van der Waals surface area contributed by atoms with Gasteiger partial charge in [0.15, 0.2) is 0 Å². The molecular formula is C23H40N4O6Si2. The Labute approximate surface area is 210 Å². The maximum absolute atomic E-state index is 12.8. The molecule has 2 fully saturated rings. The van der Waals surface area contributed by atoms with Crippen LogP contribution in [-0.4, -0.2) is 58.7 Å². The van der Waals surface area contributed by atoms with Gasteiger partial charge in [-0.15, -0.1) is 0 Å². The molecule has 3 heterocycles. The van der Waals surface area contributed by atoms with Crippen molar-refractivity contribution in [2.24, 2.45) is 0 Å². The number of hydrogen-bond acceptors (Lipinski definition) is 9. The number of fused-ring (bicyclic) bond motifs is 1. The van der Waals surface area contributed by atoms with Crippen LogP contribution in [-0.2, 0) is 28.2 Å². The molecular weight excluding hydrogens is 484 g/mol. The van der Waals surface area contributed by atoms with E-state index in [9.17, 15) is 10.1 Å². The van der Waals surface area contributed by atoms with Crippen molar-refractivity contribution in [3.63, 3.8) is 0 Å². The molecule has 0 aromatic carbocycles. The number of anilines is 1. The Morgan fingerprint density at radius 1 is 1.14 bits per heavy atom. The van der Waals surface area contributed by atoms with Crippen molar-refractivity contribution in [1.29, 1.82) is 5.26 Å². The van der Waals surface area contributed by atoms with E-state index in [1.54, 1.807) is 0 Å². The minimum atomic E-state index is -2.98. The summed E-state index contributed by atoms with van der Waals surface area (Å²) in [6, 6.07) is 3.64. The van der Waals surface area contributed by atoms with Gasteiger partial charge in [-0.05, 0) is 28.2 Å². The number of nitrogen functional groups attached to an aromatic ring is 1. The summed E-state index contributed by atoms with van der Waals surface area (Å²) in [5.74, 6) is 0.0565. The van der Waals surface area contributed by atoms with E-state index in [0.717, 1.165) is 4.57 Å². The van der Waals surface area contributed by atoms with Crippen LogP contribution < -0.4 is 11.4 Å². The number of aromatic nitrogens is 2. The van der Waals surface area contributed by atoms with Crippen molar-refractivity contribution in [2.45, 2.75) is 102 Å². The lowest BCUT2D eigenvalue weighted by Gasteiger charge is -2.51. The molecule has 3 rings (SSSR count). The van der Waals surface area contributed by atoms with Crippen molar-refractivity contribution in [3.8, 4) is 6.07 Å². The zero-order valence-corrected chi connectivity index (χ0v) is 24.3. The predicted molar refractivity (Wildman–Crippen MR) is 136 cm³/mol. The lowest BCUT2D eigenvalue weighted by Crippen LogP contribution is -2.66. The Bertz CT molecular complexity index is 994. The smallest absolute Gasteiger partial charge is 0.352 e. The van der Waals surface area contributed by atoms with Gasteiger partial charge < -0.3 is 28.2 Å². The van der Waals surface area contributed by atoms with E-state index in [1.165, 1.54) is 19.4 Å². The van der Waals surface area contributed by atoms with Gasteiger partial charge in [-0.1, -0.05) is 55.4 Å². The highest BCUT2D eigenvalue weighted by Crippen LogP contribution is 2.49. The van der Waals surface area contributed by atoms with Crippen LogP contribution in [0, 0.1) is 11.3 Å². The highest BCUT2D eigenvalue weighted by molar-refractivity contribution is 6.84. The van der Waals surface area contributed by atoms with Gasteiger partial charge in [0.25, 0.3) is 5.72 Å². The second kappa shape index (κ2) is 10.0. The van der Waals surface area contributed by atoms with E-state index in [2.05, 4.69) is 66.4 Å². The van der Waals surface area contributed by atoms with Gasteiger partial charge in [0.2, 0.25) is 0 Å². The Morgan fingerprint density at radius 2 is 1.71 bits per heavy atom. The highest BCUT2D eigenvalue weighted by Gasteiger charge is 2.66. The second-order valence-electron chi connectivity index (χ2n) is 10.7. The van der Waals surface area contributed by atoms with Gasteiger partial charge in [0.1, 0.15) is 30.2 Å². The fourth-order valence-electron chi connectivity index (χ4n) is 5.49. The third kappa shape index (κ3) is 4.41. The number of ether oxygens (including phenoxy) is 2. The molecule has 1 aromatic heterocycles. The van der Waals surface area contributed by atoms with Crippen LogP contribution in [0.25, 0.3) is 0 Å². The maximum Gasteiger partial charge on any atom is 0.352 e. The van der Waals surface area contributed by atoms with E-state index < -0.39 is 46.8 Å². The third-order valence-electron chi connectivity index (χ3n) is 7.31. The number of methoxy groups -OCH3 is 1. The molecule has 0 saturated carbocycles. The molecule has 0 unspecified atom stereocenters. The largest absolute Gasteiger partial charge is 0.414 e. The molecule has 0 amide bonds. The molecule has 2 N–H and O–H groups in total. The zero-order valence-electron chi connectivity index (χ0n) is 22.3. The average Bonchev–Trinajstić information content (AvgIpc) is 3.05. The molecule has 2 aliphatic rings. The zero-order chi connectivity index (χ0) is 26.3. The van der Waals surface area contributed by atoms with Crippen LogP contribution in [0.15, 0.2) is 17.1 Å². The van der Waals surface area contributed by atoms with Crippen molar-refractivity contribution >= 4 is 22.9 Å². The Kier molecular flexibility index (Phi) is 8.03. The summed E-state index contributed by atoms with van der Waals surface area (Å²) in [7, 11) is -4.29. The minimum absolute atomic E-state index is 0.0565. The van der Waals surface area contributed by atoms with Crippen molar-refractivity contribution < 1.29 is 22.4 Å². The molecule has 2 saturated heterocycles.